The molecule has 0 bridgehead atoms. The lowest BCUT2D eigenvalue weighted by molar-refractivity contribution is 0.551. The number of nitrogens with one attached hydrogen (secondary N) is 2. The van der Waals surface area contributed by atoms with Crippen LogP contribution in [0.25, 0.3) is 0 Å². The minimum atomic E-state index is -3.78. The van der Waals surface area contributed by atoms with Gasteiger partial charge < -0.3 is 5.32 Å². The van der Waals surface area contributed by atoms with Gasteiger partial charge in [-0.1, -0.05) is 33.3 Å². The summed E-state index contributed by atoms with van der Waals surface area (Å²) in [6.07, 6.45) is 1.61. The van der Waals surface area contributed by atoms with Gasteiger partial charge in [-0.25, -0.2) is 17.5 Å². The molecule has 0 heterocycles. The maximum atomic E-state index is 13.7. The summed E-state index contributed by atoms with van der Waals surface area (Å²) in [6.45, 7) is 6.79. The fourth-order valence-electron chi connectivity index (χ4n) is 1.65. The second kappa shape index (κ2) is 7.71. The molecule has 114 valence electrons. The van der Waals surface area contributed by atoms with Gasteiger partial charge in [-0.2, -0.15) is 0 Å². The van der Waals surface area contributed by atoms with E-state index in [1.54, 1.807) is 6.07 Å². The molecule has 0 amide bonds. The highest BCUT2D eigenvalue weighted by molar-refractivity contribution is 7.89. The molecule has 4 nitrogen and oxygen atoms in total. The van der Waals surface area contributed by atoms with Gasteiger partial charge in [0.25, 0.3) is 0 Å². The summed E-state index contributed by atoms with van der Waals surface area (Å²) in [4.78, 5) is -0.281. The average molecular weight is 302 g/mol. The first-order valence-electron chi connectivity index (χ1n) is 6.88. The molecule has 0 unspecified atom stereocenters. The van der Waals surface area contributed by atoms with Crippen LogP contribution < -0.4 is 10.0 Å². The van der Waals surface area contributed by atoms with Crippen molar-refractivity contribution in [3.63, 3.8) is 0 Å². The van der Waals surface area contributed by atoms with Crippen molar-refractivity contribution in [3.8, 4) is 0 Å². The van der Waals surface area contributed by atoms with E-state index in [0.717, 1.165) is 18.4 Å². The van der Waals surface area contributed by atoms with E-state index in [-0.39, 0.29) is 10.9 Å². The monoisotopic (exact) mass is 302 g/mol. The summed E-state index contributed by atoms with van der Waals surface area (Å²) >= 11 is 0. The molecule has 0 aliphatic heterocycles. The third kappa shape index (κ3) is 5.19. The summed E-state index contributed by atoms with van der Waals surface area (Å²) in [5.41, 5.74) is 0.746. The van der Waals surface area contributed by atoms with E-state index in [0.29, 0.717) is 13.1 Å². The van der Waals surface area contributed by atoms with Gasteiger partial charge in [0.05, 0.1) is 0 Å². The van der Waals surface area contributed by atoms with Crippen molar-refractivity contribution in [2.24, 2.45) is 0 Å². The highest BCUT2D eigenvalue weighted by atomic mass is 32.2. The Morgan fingerprint density at radius 3 is 2.60 bits per heavy atom. The summed E-state index contributed by atoms with van der Waals surface area (Å²) in [6, 6.07) is 4.46. The molecule has 0 radical (unpaired) electrons. The van der Waals surface area contributed by atoms with Gasteiger partial charge in [-0.3, -0.25) is 0 Å². The van der Waals surface area contributed by atoms with Gasteiger partial charge in [0, 0.05) is 19.1 Å². The number of sulfonamides is 1. The molecule has 1 aromatic carbocycles. The molecule has 1 aromatic rings. The van der Waals surface area contributed by atoms with Crippen molar-refractivity contribution in [3.05, 3.63) is 29.6 Å². The van der Waals surface area contributed by atoms with Crippen LogP contribution in [0.15, 0.2) is 23.1 Å². The summed E-state index contributed by atoms with van der Waals surface area (Å²) in [7, 11) is -3.78. The molecule has 2 N–H and O–H groups in total. The maximum absolute atomic E-state index is 13.7. The summed E-state index contributed by atoms with van der Waals surface area (Å²) < 4.78 is 40.2. The smallest absolute Gasteiger partial charge is 0.243 e. The molecule has 0 spiro atoms. The van der Waals surface area contributed by atoms with Gasteiger partial charge in [-0.05, 0) is 24.1 Å². The first-order chi connectivity index (χ1) is 9.36. The molecular weight excluding hydrogens is 279 g/mol. The van der Waals surface area contributed by atoms with Crippen LogP contribution in [-0.2, 0) is 16.6 Å². The number of hydrogen-bond donors (Lipinski definition) is 2. The van der Waals surface area contributed by atoms with E-state index in [1.165, 1.54) is 12.1 Å². The lowest BCUT2D eigenvalue weighted by atomic mass is 10.2. The maximum Gasteiger partial charge on any atom is 0.243 e. The largest absolute Gasteiger partial charge is 0.310 e. The number of benzene rings is 1. The second-order valence-electron chi connectivity index (χ2n) is 5.05. The van der Waals surface area contributed by atoms with Crippen molar-refractivity contribution in [1.29, 1.82) is 0 Å². The Morgan fingerprint density at radius 1 is 1.30 bits per heavy atom. The third-order valence-electron chi connectivity index (χ3n) is 2.82. The number of rotatable bonds is 8. The van der Waals surface area contributed by atoms with Gasteiger partial charge in [-0.15, -0.1) is 0 Å². The minimum absolute atomic E-state index is 0.280. The topological polar surface area (TPSA) is 58.2 Å². The molecule has 0 atom stereocenters. The van der Waals surface area contributed by atoms with Gasteiger partial charge in [0.15, 0.2) is 0 Å². The lowest BCUT2D eigenvalue weighted by Crippen LogP contribution is -2.26. The third-order valence-corrected chi connectivity index (χ3v) is 4.30. The molecule has 0 saturated heterocycles. The fourth-order valence-corrected chi connectivity index (χ4v) is 2.85. The molecular formula is C14H23FN2O2S. The quantitative estimate of drug-likeness (QED) is 0.725. The molecule has 0 saturated carbocycles. The first-order valence-corrected chi connectivity index (χ1v) is 8.36. The zero-order chi connectivity index (χ0) is 15.2. The number of halogens is 1. The highest BCUT2D eigenvalue weighted by Gasteiger charge is 2.18. The molecule has 0 aliphatic carbocycles. The van der Waals surface area contributed by atoms with Crippen LogP contribution in [-0.4, -0.2) is 21.0 Å². The van der Waals surface area contributed by atoms with Crippen LogP contribution in [0.1, 0.15) is 39.2 Å². The van der Waals surface area contributed by atoms with E-state index >= 15 is 0 Å². The average Bonchev–Trinajstić information content (AvgIpc) is 2.37. The zero-order valence-corrected chi connectivity index (χ0v) is 13.1. The van der Waals surface area contributed by atoms with Crippen LogP contribution in [0.3, 0.4) is 0 Å². The minimum Gasteiger partial charge on any atom is -0.310 e. The summed E-state index contributed by atoms with van der Waals surface area (Å²) in [5.74, 6) is -0.720. The summed E-state index contributed by atoms with van der Waals surface area (Å²) in [5, 5.41) is 3.17. The number of unbranched alkanes of at least 4 members (excludes halogenated alkanes) is 1. The van der Waals surface area contributed by atoms with Crippen LogP contribution in [0.4, 0.5) is 4.39 Å². The Kier molecular flexibility index (Phi) is 6.58. The number of hydrogen-bond acceptors (Lipinski definition) is 3. The van der Waals surface area contributed by atoms with Crippen LogP contribution in [0.2, 0.25) is 0 Å². The molecule has 6 heteroatoms. The Bertz CT molecular complexity index is 530. The van der Waals surface area contributed by atoms with Crippen molar-refractivity contribution in [2.75, 3.05) is 6.54 Å². The second-order valence-corrected chi connectivity index (χ2v) is 6.79. The standard InChI is InChI=1S/C14H23FN2O2S/c1-4-5-8-17-20(18,19)14-9-12(6-7-13(14)15)10-16-11(2)3/h6-7,9,11,16-17H,4-5,8,10H2,1-3H3. The van der Waals surface area contributed by atoms with E-state index in [4.69, 9.17) is 0 Å². The fraction of sp³-hybridized carbons (Fsp3) is 0.571. The van der Waals surface area contributed by atoms with E-state index < -0.39 is 15.8 Å². The molecule has 0 fully saturated rings. The Balaban J connectivity index is 2.89. The van der Waals surface area contributed by atoms with Crippen LogP contribution >= 0.6 is 0 Å². The van der Waals surface area contributed by atoms with Crippen LogP contribution in [0, 0.1) is 5.82 Å². The van der Waals surface area contributed by atoms with E-state index in [9.17, 15) is 12.8 Å². The first kappa shape index (κ1) is 17.1. The molecule has 20 heavy (non-hydrogen) atoms. The Morgan fingerprint density at radius 2 is 2.00 bits per heavy atom. The predicted molar refractivity (Wildman–Crippen MR) is 78.5 cm³/mol. The van der Waals surface area contributed by atoms with E-state index in [2.05, 4.69) is 10.0 Å². The van der Waals surface area contributed by atoms with Crippen molar-refractivity contribution in [2.45, 2.75) is 51.1 Å². The predicted octanol–water partition coefficient (Wildman–Crippen LogP) is 2.40. The Labute approximate surface area is 120 Å². The zero-order valence-electron chi connectivity index (χ0n) is 12.2. The molecule has 1 rings (SSSR count). The molecule has 0 aliphatic rings. The van der Waals surface area contributed by atoms with Crippen molar-refractivity contribution < 1.29 is 12.8 Å². The van der Waals surface area contributed by atoms with Gasteiger partial charge in [0.2, 0.25) is 10.0 Å². The van der Waals surface area contributed by atoms with Gasteiger partial charge >= 0.3 is 0 Å². The van der Waals surface area contributed by atoms with Crippen molar-refractivity contribution in [1.82, 2.24) is 10.0 Å². The van der Waals surface area contributed by atoms with Gasteiger partial charge in [0.1, 0.15) is 10.7 Å². The highest BCUT2D eigenvalue weighted by Crippen LogP contribution is 2.16. The normalized spacial score (nSPS) is 12.1. The van der Waals surface area contributed by atoms with Crippen LogP contribution in [0.5, 0.6) is 0 Å². The molecule has 0 aromatic heterocycles. The van der Waals surface area contributed by atoms with E-state index in [1.807, 2.05) is 20.8 Å². The van der Waals surface area contributed by atoms with Crippen molar-refractivity contribution >= 4 is 10.0 Å². The Hall–Kier alpha value is -0.980. The SMILES string of the molecule is CCCCNS(=O)(=O)c1cc(CNC(C)C)ccc1F. The lowest BCUT2D eigenvalue weighted by Gasteiger charge is -2.11.